The Morgan fingerprint density at radius 2 is 2.06 bits per heavy atom. The number of rotatable bonds is 5. The minimum atomic E-state index is -0.222. The summed E-state index contributed by atoms with van der Waals surface area (Å²) < 4.78 is 5.88. The minimum Gasteiger partial charge on any atom is -0.483 e. The molecule has 1 rings (SSSR count). The molecule has 4 heteroatoms. The van der Waals surface area contributed by atoms with Crippen molar-refractivity contribution in [3.8, 4) is 5.75 Å². The van der Waals surface area contributed by atoms with Gasteiger partial charge in [-0.2, -0.15) is 0 Å². The van der Waals surface area contributed by atoms with Crippen molar-refractivity contribution in [2.45, 2.75) is 46.1 Å². The van der Waals surface area contributed by atoms with Crippen LogP contribution in [0.3, 0.4) is 0 Å². The molecule has 0 fully saturated rings. The van der Waals surface area contributed by atoms with Crippen LogP contribution in [0.2, 0.25) is 5.02 Å². The second-order valence-electron chi connectivity index (χ2n) is 4.71. The molecule has 0 aliphatic rings. The van der Waals surface area contributed by atoms with Gasteiger partial charge in [0.25, 0.3) is 0 Å². The van der Waals surface area contributed by atoms with Crippen LogP contribution in [0, 0.1) is 6.92 Å². The highest BCUT2D eigenvalue weighted by molar-refractivity contribution is 7.80. The fourth-order valence-corrected chi connectivity index (χ4v) is 2.39. The van der Waals surface area contributed by atoms with Crippen molar-refractivity contribution in [1.82, 2.24) is 0 Å². The van der Waals surface area contributed by atoms with Crippen LogP contribution in [0.1, 0.15) is 44.2 Å². The van der Waals surface area contributed by atoms with Gasteiger partial charge >= 0.3 is 0 Å². The molecule has 0 heterocycles. The lowest BCUT2D eigenvalue weighted by Gasteiger charge is -2.20. The molecule has 0 saturated carbocycles. The summed E-state index contributed by atoms with van der Waals surface area (Å²) in [5, 5.41) is 0.776. The lowest BCUT2D eigenvalue weighted by molar-refractivity contribution is 0.262. The molecular formula is C14H20ClNOS. The summed E-state index contributed by atoms with van der Waals surface area (Å²) in [6, 6.07) is 3.92. The lowest BCUT2D eigenvalue weighted by atomic mass is 10.0. The highest BCUT2D eigenvalue weighted by atomic mass is 35.5. The van der Waals surface area contributed by atoms with Gasteiger partial charge in [0.05, 0.1) is 0 Å². The van der Waals surface area contributed by atoms with Crippen molar-refractivity contribution in [2.24, 2.45) is 5.73 Å². The molecule has 0 aliphatic carbocycles. The van der Waals surface area contributed by atoms with Crippen molar-refractivity contribution in [3.63, 3.8) is 0 Å². The number of thiocarbonyl (C=S) groups is 1. The molecule has 1 unspecified atom stereocenters. The minimum absolute atomic E-state index is 0.222. The summed E-state index contributed by atoms with van der Waals surface area (Å²) >= 11 is 11.2. The van der Waals surface area contributed by atoms with Crippen molar-refractivity contribution in [3.05, 3.63) is 28.3 Å². The SMILES string of the molecule is CCC(Oc1cc(C(C)C)c(Cl)cc1C)C(N)=S. The second-order valence-corrected chi connectivity index (χ2v) is 5.59. The normalized spacial score (nSPS) is 12.6. The summed E-state index contributed by atoms with van der Waals surface area (Å²) in [4.78, 5) is 0.387. The van der Waals surface area contributed by atoms with Crippen LogP contribution in [-0.2, 0) is 0 Å². The third-order valence-electron chi connectivity index (χ3n) is 2.87. The molecule has 100 valence electrons. The maximum atomic E-state index is 6.22. The Bertz CT molecular complexity index is 446. The molecule has 18 heavy (non-hydrogen) atoms. The van der Waals surface area contributed by atoms with E-state index in [1.807, 2.05) is 26.0 Å². The first-order valence-electron chi connectivity index (χ1n) is 6.12. The predicted octanol–water partition coefficient (Wildman–Crippen LogP) is 4.22. The van der Waals surface area contributed by atoms with Crippen LogP contribution >= 0.6 is 23.8 Å². The maximum absolute atomic E-state index is 6.22. The van der Waals surface area contributed by atoms with Gasteiger partial charge in [-0.15, -0.1) is 0 Å². The van der Waals surface area contributed by atoms with E-state index in [-0.39, 0.29) is 6.10 Å². The van der Waals surface area contributed by atoms with E-state index in [2.05, 4.69) is 13.8 Å². The summed E-state index contributed by atoms with van der Waals surface area (Å²) in [7, 11) is 0. The topological polar surface area (TPSA) is 35.2 Å². The predicted molar refractivity (Wildman–Crippen MR) is 81.8 cm³/mol. The summed E-state index contributed by atoms with van der Waals surface area (Å²) in [5.41, 5.74) is 7.73. The molecule has 1 aromatic carbocycles. The van der Waals surface area contributed by atoms with Gasteiger partial charge in [0.1, 0.15) is 16.8 Å². The zero-order valence-corrected chi connectivity index (χ0v) is 12.9. The fraction of sp³-hybridized carbons (Fsp3) is 0.500. The van der Waals surface area contributed by atoms with E-state index in [0.717, 1.165) is 28.3 Å². The van der Waals surface area contributed by atoms with Crippen LogP contribution in [-0.4, -0.2) is 11.1 Å². The highest BCUT2D eigenvalue weighted by Gasteiger charge is 2.15. The molecule has 2 N–H and O–H groups in total. The lowest BCUT2D eigenvalue weighted by Crippen LogP contribution is -2.31. The van der Waals surface area contributed by atoms with Gasteiger partial charge in [-0.25, -0.2) is 0 Å². The van der Waals surface area contributed by atoms with Crippen molar-refractivity contribution < 1.29 is 4.74 Å². The Morgan fingerprint density at radius 1 is 1.44 bits per heavy atom. The van der Waals surface area contributed by atoms with E-state index in [9.17, 15) is 0 Å². The quantitative estimate of drug-likeness (QED) is 0.823. The van der Waals surface area contributed by atoms with E-state index in [1.165, 1.54) is 0 Å². The standard InChI is InChI=1S/C14H20ClNOS/c1-5-12(14(16)18)17-13-7-10(8(2)3)11(15)6-9(13)4/h6-8,12H,5H2,1-4H3,(H2,16,18). The van der Waals surface area contributed by atoms with E-state index in [1.54, 1.807) is 0 Å². The zero-order chi connectivity index (χ0) is 13.9. The summed E-state index contributed by atoms with van der Waals surface area (Å²) in [5.74, 6) is 1.16. The third kappa shape index (κ3) is 3.59. The molecule has 0 radical (unpaired) electrons. The second kappa shape index (κ2) is 6.39. The number of hydrogen-bond acceptors (Lipinski definition) is 2. The number of halogens is 1. The van der Waals surface area contributed by atoms with Gasteiger partial charge in [0.15, 0.2) is 0 Å². The average molecular weight is 286 g/mol. The number of benzene rings is 1. The fourth-order valence-electron chi connectivity index (χ4n) is 1.73. The molecule has 1 aromatic rings. The summed E-state index contributed by atoms with van der Waals surface area (Å²) in [6.45, 7) is 8.17. The molecule has 0 saturated heterocycles. The van der Waals surface area contributed by atoms with Crippen LogP contribution in [0.4, 0.5) is 0 Å². The van der Waals surface area contributed by atoms with E-state index in [4.69, 9.17) is 34.3 Å². The van der Waals surface area contributed by atoms with Crippen molar-refractivity contribution in [2.75, 3.05) is 0 Å². The number of aryl methyl sites for hydroxylation is 1. The van der Waals surface area contributed by atoms with E-state index in [0.29, 0.717) is 10.9 Å². The first-order valence-corrected chi connectivity index (χ1v) is 6.91. The largest absolute Gasteiger partial charge is 0.483 e. The van der Waals surface area contributed by atoms with Crippen molar-refractivity contribution >= 4 is 28.8 Å². The Labute approximate surface area is 119 Å². The Kier molecular flexibility index (Phi) is 5.42. The molecule has 0 spiro atoms. The number of hydrogen-bond donors (Lipinski definition) is 1. The molecule has 1 atom stereocenters. The van der Waals surface area contributed by atoms with Crippen molar-refractivity contribution in [1.29, 1.82) is 0 Å². The van der Waals surface area contributed by atoms with Gasteiger partial charge < -0.3 is 10.5 Å². The molecule has 0 aliphatic heterocycles. The number of ether oxygens (including phenoxy) is 1. The molecule has 0 amide bonds. The highest BCUT2D eigenvalue weighted by Crippen LogP contribution is 2.32. The Morgan fingerprint density at radius 3 is 2.50 bits per heavy atom. The van der Waals surface area contributed by atoms with Crippen LogP contribution in [0.25, 0.3) is 0 Å². The van der Waals surface area contributed by atoms with Crippen LogP contribution < -0.4 is 10.5 Å². The maximum Gasteiger partial charge on any atom is 0.148 e. The first kappa shape index (κ1) is 15.3. The van der Waals surface area contributed by atoms with E-state index >= 15 is 0 Å². The average Bonchev–Trinajstić information content (AvgIpc) is 2.26. The first-order chi connectivity index (χ1) is 8.36. The van der Waals surface area contributed by atoms with Gasteiger partial charge in [-0.05, 0) is 42.5 Å². The van der Waals surface area contributed by atoms with Gasteiger partial charge in [0, 0.05) is 5.02 Å². The monoisotopic (exact) mass is 285 g/mol. The molecule has 0 bridgehead atoms. The van der Waals surface area contributed by atoms with Gasteiger partial charge in [-0.1, -0.05) is 44.6 Å². The Balaban J connectivity index is 3.09. The zero-order valence-electron chi connectivity index (χ0n) is 11.3. The molecule has 2 nitrogen and oxygen atoms in total. The van der Waals surface area contributed by atoms with E-state index < -0.39 is 0 Å². The van der Waals surface area contributed by atoms with Gasteiger partial charge in [0.2, 0.25) is 0 Å². The van der Waals surface area contributed by atoms with Gasteiger partial charge in [-0.3, -0.25) is 0 Å². The summed E-state index contributed by atoms with van der Waals surface area (Å²) in [6.07, 6.45) is 0.536. The smallest absolute Gasteiger partial charge is 0.148 e. The Hall–Kier alpha value is -0.800. The molecule has 0 aromatic heterocycles. The number of nitrogens with two attached hydrogens (primary N) is 1. The van der Waals surface area contributed by atoms with Crippen LogP contribution in [0.5, 0.6) is 5.75 Å². The van der Waals surface area contributed by atoms with Crippen LogP contribution in [0.15, 0.2) is 12.1 Å². The third-order valence-corrected chi connectivity index (χ3v) is 3.46. The molecular weight excluding hydrogens is 266 g/mol.